The first-order valence-electron chi connectivity index (χ1n) is 8.78. The second-order valence-corrected chi connectivity index (χ2v) is 9.52. The van der Waals surface area contributed by atoms with Crippen LogP contribution in [0.3, 0.4) is 0 Å². The first-order valence-corrected chi connectivity index (χ1v) is 11.5. The van der Waals surface area contributed by atoms with Gasteiger partial charge in [0.2, 0.25) is 11.0 Å². The SMILES string of the molecule is Cc1cccc(Nc2nnc(SCC(=O)N(Cc3ccsc3)C3CC3)s2)c1. The molecular weight excluding hydrogens is 396 g/mol. The molecule has 1 aliphatic carbocycles. The molecule has 2 heterocycles. The van der Waals surface area contributed by atoms with Crippen molar-refractivity contribution in [2.75, 3.05) is 11.1 Å². The lowest BCUT2D eigenvalue weighted by Gasteiger charge is -2.21. The summed E-state index contributed by atoms with van der Waals surface area (Å²) in [6.45, 7) is 2.77. The normalized spacial score (nSPS) is 13.5. The van der Waals surface area contributed by atoms with E-state index in [1.54, 1.807) is 11.3 Å². The minimum atomic E-state index is 0.178. The van der Waals surface area contributed by atoms with Crippen molar-refractivity contribution in [1.82, 2.24) is 15.1 Å². The number of nitrogens with one attached hydrogen (secondary N) is 1. The number of rotatable bonds is 8. The number of aryl methyl sites for hydroxylation is 1. The number of benzene rings is 1. The lowest BCUT2D eigenvalue weighted by molar-refractivity contribution is -0.129. The number of thiophene rings is 1. The highest BCUT2D eigenvalue weighted by Crippen LogP contribution is 2.32. The topological polar surface area (TPSA) is 58.1 Å². The van der Waals surface area contributed by atoms with Crippen LogP contribution in [0.5, 0.6) is 0 Å². The molecule has 0 saturated heterocycles. The minimum absolute atomic E-state index is 0.178. The van der Waals surface area contributed by atoms with Crippen molar-refractivity contribution in [3.8, 4) is 0 Å². The zero-order valence-corrected chi connectivity index (χ0v) is 17.4. The van der Waals surface area contributed by atoms with Gasteiger partial charge in [0, 0.05) is 18.3 Å². The van der Waals surface area contributed by atoms with Gasteiger partial charge in [0.25, 0.3) is 0 Å². The van der Waals surface area contributed by atoms with Crippen LogP contribution in [-0.4, -0.2) is 32.8 Å². The van der Waals surface area contributed by atoms with Gasteiger partial charge in [-0.3, -0.25) is 4.79 Å². The number of amides is 1. The van der Waals surface area contributed by atoms with Gasteiger partial charge in [-0.1, -0.05) is 35.2 Å². The van der Waals surface area contributed by atoms with Crippen molar-refractivity contribution in [3.63, 3.8) is 0 Å². The van der Waals surface area contributed by atoms with Crippen LogP contribution in [0.15, 0.2) is 45.4 Å². The molecule has 2 aromatic heterocycles. The average molecular weight is 417 g/mol. The van der Waals surface area contributed by atoms with E-state index in [9.17, 15) is 4.79 Å². The van der Waals surface area contributed by atoms with Crippen LogP contribution in [0.25, 0.3) is 0 Å². The Morgan fingerprint density at radius 1 is 1.33 bits per heavy atom. The van der Waals surface area contributed by atoms with Crippen molar-refractivity contribution in [2.45, 2.75) is 36.7 Å². The van der Waals surface area contributed by atoms with E-state index in [2.05, 4.69) is 51.4 Å². The monoisotopic (exact) mass is 416 g/mol. The lowest BCUT2D eigenvalue weighted by Crippen LogP contribution is -2.33. The van der Waals surface area contributed by atoms with E-state index in [1.165, 1.54) is 34.2 Å². The van der Waals surface area contributed by atoms with Gasteiger partial charge in [0.05, 0.1) is 5.75 Å². The van der Waals surface area contributed by atoms with E-state index in [-0.39, 0.29) is 5.91 Å². The summed E-state index contributed by atoms with van der Waals surface area (Å²) in [5.74, 6) is 0.580. The Bertz CT molecular complexity index is 905. The highest BCUT2D eigenvalue weighted by molar-refractivity contribution is 8.01. The van der Waals surface area contributed by atoms with E-state index in [1.807, 2.05) is 17.0 Å². The summed E-state index contributed by atoms with van der Waals surface area (Å²) < 4.78 is 0.810. The maximum atomic E-state index is 12.7. The van der Waals surface area contributed by atoms with Crippen molar-refractivity contribution in [2.24, 2.45) is 0 Å². The molecule has 1 fully saturated rings. The van der Waals surface area contributed by atoms with Crippen LogP contribution < -0.4 is 5.32 Å². The molecule has 4 rings (SSSR count). The fourth-order valence-electron chi connectivity index (χ4n) is 2.76. The van der Waals surface area contributed by atoms with Crippen molar-refractivity contribution in [1.29, 1.82) is 0 Å². The predicted molar refractivity (Wildman–Crippen MR) is 113 cm³/mol. The number of anilines is 2. The fourth-order valence-corrected chi connectivity index (χ4v) is 5.08. The molecule has 1 aromatic carbocycles. The first kappa shape index (κ1) is 18.5. The van der Waals surface area contributed by atoms with Crippen LogP contribution in [0.4, 0.5) is 10.8 Å². The zero-order valence-electron chi connectivity index (χ0n) is 14.9. The average Bonchev–Trinajstić information content (AvgIpc) is 3.17. The number of hydrogen-bond acceptors (Lipinski definition) is 7. The summed E-state index contributed by atoms with van der Waals surface area (Å²) in [6, 6.07) is 10.6. The second-order valence-electron chi connectivity index (χ2n) is 6.54. The summed E-state index contributed by atoms with van der Waals surface area (Å²) in [7, 11) is 0. The van der Waals surface area contributed by atoms with Gasteiger partial charge in [0.1, 0.15) is 0 Å². The van der Waals surface area contributed by atoms with Crippen LogP contribution >= 0.6 is 34.4 Å². The molecule has 0 bridgehead atoms. The summed E-state index contributed by atoms with van der Waals surface area (Å²) in [4.78, 5) is 14.7. The Hall–Kier alpha value is -1.90. The third kappa shape index (κ3) is 5.09. The van der Waals surface area contributed by atoms with Crippen LogP contribution in [0.2, 0.25) is 0 Å². The highest BCUT2D eigenvalue weighted by atomic mass is 32.2. The number of carbonyl (C=O) groups excluding carboxylic acids is 1. The molecular formula is C19H20N4OS3. The molecule has 140 valence electrons. The summed E-state index contributed by atoms with van der Waals surface area (Å²) >= 11 is 4.62. The summed E-state index contributed by atoms with van der Waals surface area (Å²) in [5.41, 5.74) is 3.40. The standard InChI is InChI=1S/C19H20N4OS3/c1-13-3-2-4-15(9-13)20-18-21-22-19(27-18)26-12-17(24)23(16-5-6-16)10-14-7-8-25-11-14/h2-4,7-9,11,16H,5-6,10,12H2,1H3,(H,20,21). The van der Waals surface area contributed by atoms with Crippen molar-refractivity contribution < 1.29 is 4.79 Å². The van der Waals surface area contributed by atoms with E-state index in [0.29, 0.717) is 18.3 Å². The highest BCUT2D eigenvalue weighted by Gasteiger charge is 2.32. The van der Waals surface area contributed by atoms with E-state index < -0.39 is 0 Å². The Labute approximate surface area is 170 Å². The molecule has 0 spiro atoms. The minimum Gasteiger partial charge on any atom is -0.335 e. The third-order valence-electron chi connectivity index (χ3n) is 4.24. The largest absolute Gasteiger partial charge is 0.335 e. The van der Waals surface area contributed by atoms with Crippen molar-refractivity contribution >= 4 is 51.2 Å². The predicted octanol–water partition coefficient (Wildman–Crippen LogP) is 4.93. The van der Waals surface area contributed by atoms with E-state index in [0.717, 1.165) is 28.0 Å². The molecule has 0 atom stereocenters. The molecule has 1 N–H and O–H groups in total. The van der Waals surface area contributed by atoms with Crippen LogP contribution in [0, 0.1) is 6.92 Å². The number of nitrogens with zero attached hydrogens (tertiary/aromatic N) is 3. The van der Waals surface area contributed by atoms with Gasteiger partial charge in [-0.15, -0.1) is 10.2 Å². The molecule has 5 nitrogen and oxygen atoms in total. The van der Waals surface area contributed by atoms with Gasteiger partial charge in [-0.05, 0) is 59.9 Å². The van der Waals surface area contributed by atoms with E-state index in [4.69, 9.17) is 0 Å². The molecule has 3 aromatic rings. The maximum absolute atomic E-state index is 12.7. The van der Waals surface area contributed by atoms with Crippen LogP contribution in [-0.2, 0) is 11.3 Å². The Morgan fingerprint density at radius 3 is 2.96 bits per heavy atom. The van der Waals surface area contributed by atoms with Crippen molar-refractivity contribution in [3.05, 3.63) is 52.2 Å². The maximum Gasteiger partial charge on any atom is 0.233 e. The second kappa shape index (κ2) is 8.41. The fraction of sp³-hybridized carbons (Fsp3) is 0.316. The van der Waals surface area contributed by atoms with E-state index >= 15 is 0 Å². The summed E-state index contributed by atoms with van der Waals surface area (Å²) in [6.07, 6.45) is 2.23. The molecule has 0 radical (unpaired) electrons. The Morgan fingerprint density at radius 2 is 2.22 bits per heavy atom. The molecule has 0 aliphatic heterocycles. The number of hydrogen-bond donors (Lipinski definition) is 1. The zero-order chi connectivity index (χ0) is 18.6. The number of carbonyl (C=O) groups is 1. The Balaban J connectivity index is 1.32. The third-order valence-corrected chi connectivity index (χ3v) is 6.92. The van der Waals surface area contributed by atoms with Gasteiger partial charge in [0.15, 0.2) is 4.34 Å². The van der Waals surface area contributed by atoms with Crippen LogP contribution in [0.1, 0.15) is 24.0 Å². The molecule has 1 saturated carbocycles. The quantitative estimate of drug-likeness (QED) is 0.527. The van der Waals surface area contributed by atoms with Gasteiger partial charge < -0.3 is 10.2 Å². The molecule has 1 aliphatic rings. The van der Waals surface area contributed by atoms with Gasteiger partial charge in [-0.2, -0.15) is 11.3 Å². The molecule has 1 amide bonds. The summed E-state index contributed by atoms with van der Waals surface area (Å²) in [5, 5.41) is 16.6. The number of aromatic nitrogens is 2. The molecule has 8 heteroatoms. The first-order chi connectivity index (χ1) is 13.2. The Kier molecular flexibility index (Phi) is 5.75. The molecule has 27 heavy (non-hydrogen) atoms. The van der Waals surface area contributed by atoms with Gasteiger partial charge >= 0.3 is 0 Å². The smallest absolute Gasteiger partial charge is 0.233 e. The lowest BCUT2D eigenvalue weighted by atomic mass is 10.2. The molecule has 0 unspecified atom stereocenters. The van der Waals surface area contributed by atoms with Gasteiger partial charge in [-0.25, -0.2) is 0 Å². The number of thioether (sulfide) groups is 1.